The number of nitrogens with zero attached hydrogens (tertiary/aromatic N) is 4. The highest BCUT2D eigenvalue weighted by atomic mass is 16.5. The number of benzene rings is 1. The molecule has 27 heavy (non-hydrogen) atoms. The highest BCUT2D eigenvalue weighted by Gasteiger charge is 2.25. The maximum absolute atomic E-state index is 12.8. The predicted octanol–water partition coefficient (Wildman–Crippen LogP) is 3.14. The van der Waals surface area contributed by atoms with Gasteiger partial charge in [0.1, 0.15) is 12.4 Å². The van der Waals surface area contributed by atoms with Crippen molar-refractivity contribution in [2.24, 2.45) is 0 Å². The number of amides is 1. The molecule has 0 spiro atoms. The Labute approximate surface area is 158 Å². The number of aromatic nitrogens is 3. The van der Waals surface area contributed by atoms with Crippen molar-refractivity contribution in [1.82, 2.24) is 19.7 Å². The molecule has 0 radical (unpaired) electrons. The molecule has 138 valence electrons. The summed E-state index contributed by atoms with van der Waals surface area (Å²) < 4.78 is 7.74. The molecule has 0 saturated carbocycles. The van der Waals surface area contributed by atoms with Crippen LogP contribution >= 0.6 is 0 Å². The zero-order valence-corrected chi connectivity index (χ0v) is 15.3. The van der Waals surface area contributed by atoms with E-state index in [1.165, 1.54) is 0 Å². The Morgan fingerprint density at radius 1 is 1.22 bits per heavy atom. The molecule has 0 fully saturated rings. The first kappa shape index (κ1) is 17.3. The van der Waals surface area contributed by atoms with Gasteiger partial charge in [-0.15, -0.1) is 0 Å². The van der Waals surface area contributed by atoms with E-state index in [2.05, 4.69) is 16.1 Å². The van der Waals surface area contributed by atoms with Gasteiger partial charge in [0.25, 0.3) is 0 Å². The average Bonchev–Trinajstić information content (AvgIpc) is 3.17. The second-order valence-corrected chi connectivity index (χ2v) is 6.77. The number of hydrogen-bond donors (Lipinski definition) is 0. The van der Waals surface area contributed by atoms with Crippen LogP contribution in [0.25, 0.3) is 11.1 Å². The molecule has 6 heteroatoms. The Morgan fingerprint density at radius 3 is 2.93 bits per heavy atom. The lowest BCUT2D eigenvalue weighted by atomic mass is 10.0. The molecule has 1 aliphatic heterocycles. The van der Waals surface area contributed by atoms with Gasteiger partial charge in [0, 0.05) is 55.4 Å². The number of fused-ring (bicyclic) bond motifs is 1. The highest BCUT2D eigenvalue weighted by molar-refractivity contribution is 5.77. The highest BCUT2D eigenvalue weighted by Crippen LogP contribution is 2.30. The van der Waals surface area contributed by atoms with Crippen LogP contribution in [0.1, 0.15) is 18.9 Å². The largest absolute Gasteiger partial charge is 0.491 e. The smallest absolute Gasteiger partial charge is 0.225 e. The van der Waals surface area contributed by atoms with Gasteiger partial charge in [0.15, 0.2) is 0 Å². The van der Waals surface area contributed by atoms with E-state index in [1.807, 2.05) is 54.5 Å². The normalized spacial score (nSPS) is 16.3. The summed E-state index contributed by atoms with van der Waals surface area (Å²) in [5, 5.41) is 4.17. The van der Waals surface area contributed by atoms with Crippen molar-refractivity contribution in [3.05, 3.63) is 66.7 Å². The second-order valence-electron chi connectivity index (χ2n) is 6.77. The van der Waals surface area contributed by atoms with Crippen LogP contribution in [0.15, 0.2) is 61.2 Å². The molecule has 6 nitrogen and oxygen atoms in total. The number of pyridine rings is 1. The van der Waals surface area contributed by atoms with Crippen LogP contribution in [0.5, 0.6) is 5.75 Å². The lowest BCUT2D eigenvalue weighted by Gasteiger charge is -2.26. The lowest BCUT2D eigenvalue weighted by molar-refractivity contribution is -0.134. The Hall–Kier alpha value is -3.15. The number of hydrogen-bond acceptors (Lipinski definition) is 4. The fraction of sp³-hybridized carbons (Fsp3) is 0.286. The summed E-state index contributed by atoms with van der Waals surface area (Å²) in [5.41, 5.74) is 3.14. The van der Waals surface area contributed by atoms with E-state index in [0.29, 0.717) is 26.1 Å². The summed E-state index contributed by atoms with van der Waals surface area (Å²) in [4.78, 5) is 18.9. The lowest BCUT2D eigenvalue weighted by Crippen LogP contribution is -2.40. The third-order valence-corrected chi connectivity index (χ3v) is 4.84. The SMILES string of the molecule is CC1COc2ccc(-c3cccnc3)cc2CN1C(=O)CCn1cccn1. The van der Waals surface area contributed by atoms with Crippen molar-refractivity contribution in [2.45, 2.75) is 32.5 Å². The van der Waals surface area contributed by atoms with E-state index >= 15 is 0 Å². The van der Waals surface area contributed by atoms with Crippen molar-refractivity contribution in [2.75, 3.05) is 6.61 Å². The summed E-state index contributed by atoms with van der Waals surface area (Å²) in [6.45, 7) is 3.65. The van der Waals surface area contributed by atoms with Crippen molar-refractivity contribution >= 4 is 5.91 Å². The third kappa shape index (κ3) is 3.84. The van der Waals surface area contributed by atoms with Gasteiger partial charge in [0.05, 0.1) is 6.04 Å². The van der Waals surface area contributed by atoms with Gasteiger partial charge in [0.2, 0.25) is 5.91 Å². The molecule has 4 rings (SSSR count). The molecule has 0 saturated heterocycles. The minimum atomic E-state index is 0.0179. The maximum atomic E-state index is 12.8. The minimum Gasteiger partial charge on any atom is -0.491 e. The number of rotatable bonds is 4. The second kappa shape index (κ2) is 7.61. The quantitative estimate of drug-likeness (QED) is 0.715. The van der Waals surface area contributed by atoms with E-state index in [9.17, 15) is 4.79 Å². The number of aryl methyl sites for hydroxylation is 1. The van der Waals surface area contributed by atoms with Crippen LogP contribution in [-0.2, 0) is 17.9 Å². The first-order valence-corrected chi connectivity index (χ1v) is 9.14. The van der Waals surface area contributed by atoms with Crippen molar-refractivity contribution in [3.8, 4) is 16.9 Å². The summed E-state index contributed by atoms with van der Waals surface area (Å²) in [6.07, 6.45) is 7.62. The molecule has 3 heterocycles. The molecule has 0 bridgehead atoms. The van der Waals surface area contributed by atoms with Gasteiger partial charge in [-0.05, 0) is 36.8 Å². The van der Waals surface area contributed by atoms with Crippen LogP contribution in [0.3, 0.4) is 0 Å². The first-order valence-electron chi connectivity index (χ1n) is 9.14. The number of ether oxygens (including phenoxy) is 1. The summed E-state index contributed by atoms with van der Waals surface area (Å²) in [7, 11) is 0. The van der Waals surface area contributed by atoms with E-state index in [1.54, 1.807) is 17.1 Å². The molecule has 2 aromatic heterocycles. The Kier molecular flexibility index (Phi) is 4.87. The molecule has 1 amide bonds. The van der Waals surface area contributed by atoms with Crippen LogP contribution < -0.4 is 4.74 Å². The average molecular weight is 362 g/mol. The topological polar surface area (TPSA) is 60.2 Å². The molecule has 1 unspecified atom stereocenters. The Morgan fingerprint density at radius 2 is 2.15 bits per heavy atom. The molecule has 0 N–H and O–H groups in total. The molecule has 0 aliphatic carbocycles. The fourth-order valence-electron chi connectivity index (χ4n) is 3.32. The van der Waals surface area contributed by atoms with Crippen molar-refractivity contribution < 1.29 is 9.53 Å². The summed E-state index contributed by atoms with van der Waals surface area (Å²) >= 11 is 0. The van der Waals surface area contributed by atoms with E-state index in [0.717, 1.165) is 22.4 Å². The van der Waals surface area contributed by atoms with Gasteiger partial charge in [-0.1, -0.05) is 12.1 Å². The van der Waals surface area contributed by atoms with Gasteiger partial charge in [-0.25, -0.2) is 0 Å². The summed E-state index contributed by atoms with van der Waals surface area (Å²) in [6, 6.07) is 12.0. The van der Waals surface area contributed by atoms with E-state index < -0.39 is 0 Å². The standard InChI is InChI=1S/C21H22N4O2/c1-16-15-27-20-6-5-17(18-4-2-8-22-13-18)12-19(20)14-25(16)21(26)7-11-24-10-3-9-23-24/h2-6,8-10,12-13,16H,7,11,14-15H2,1H3. The predicted molar refractivity (Wildman–Crippen MR) is 102 cm³/mol. The van der Waals surface area contributed by atoms with Crippen LogP contribution in [0.4, 0.5) is 0 Å². The monoisotopic (exact) mass is 362 g/mol. The minimum absolute atomic E-state index is 0.0179. The fourth-order valence-corrected chi connectivity index (χ4v) is 3.32. The van der Waals surface area contributed by atoms with E-state index in [-0.39, 0.29) is 11.9 Å². The third-order valence-electron chi connectivity index (χ3n) is 4.84. The van der Waals surface area contributed by atoms with Crippen LogP contribution in [-0.4, -0.2) is 38.2 Å². The Balaban J connectivity index is 1.54. The zero-order chi connectivity index (χ0) is 18.6. The molecule has 1 atom stereocenters. The van der Waals surface area contributed by atoms with Crippen molar-refractivity contribution in [1.29, 1.82) is 0 Å². The van der Waals surface area contributed by atoms with Crippen molar-refractivity contribution in [3.63, 3.8) is 0 Å². The zero-order valence-electron chi connectivity index (χ0n) is 15.3. The first-order chi connectivity index (χ1) is 13.2. The van der Waals surface area contributed by atoms with E-state index in [4.69, 9.17) is 4.74 Å². The molecular weight excluding hydrogens is 340 g/mol. The van der Waals surface area contributed by atoms with Gasteiger partial charge in [-0.3, -0.25) is 14.5 Å². The van der Waals surface area contributed by atoms with Gasteiger partial charge in [-0.2, -0.15) is 5.10 Å². The molecule has 3 aromatic rings. The van der Waals surface area contributed by atoms with Gasteiger partial charge < -0.3 is 9.64 Å². The Bertz CT molecular complexity index is 909. The number of carbonyl (C=O) groups is 1. The summed E-state index contributed by atoms with van der Waals surface area (Å²) in [5.74, 6) is 0.957. The molecule has 1 aromatic carbocycles. The molecular formula is C21H22N4O2. The van der Waals surface area contributed by atoms with Crippen LogP contribution in [0, 0.1) is 0 Å². The number of carbonyl (C=O) groups excluding carboxylic acids is 1. The van der Waals surface area contributed by atoms with Gasteiger partial charge >= 0.3 is 0 Å². The van der Waals surface area contributed by atoms with Crippen LogP contribution in [0.2, 0.25) is 0 Å². The maximum Gasteiger partial charge on any atom is 0.225 e. The molecule has 1 aliphatic rings.